The molecule has 0 saturated heterocycles. The SMILES string of the molecule is CC1=CN(C(=O)Oc2ccccc2)C=C(Br)C1C1CC1. The summed E-state index contributed by atoms with van der Waals surface area (Å²) < 4.78 is 6.40. The molecule has 1 amide bonds. The van der Waals surface area contributed by atoms with E-state index in [1.165, 1.54) is 23.3 Å². The van der Waals surface area contributed by atoms with Crippen LogP contribution in [-0.4, -0.2) is 11.0 Å². The number of benzene rings is 1. The van der Waals surface area contributed by atoms with E-state index < -0.39 is 0 Å². The van der Waals surface area contributed by atoms with E-state index in [0.717, 1.165) is 10.4 Å². The second-order valence-corrected chi connectivity index (χ2v) is 6.21. The number of carbonyl (C=O) groups excluding carboxylic acids is 1. The van der Waals surface area contributed by atoms with Crippen molar-refractivity contribution in [3.05, 3.63) is 52.8 Å². The summed E-state index contributed by atoms with van der Waals surface area (Å²) in [6.45, 7) is 2.07. The molecule has 1 saturated carbocycles. The molecule has 1 unspecified atom stereocenters. The molecular weight excluding hydrogens is 318 g/mol. The largest absolute Gasteiger partial charge is 0.423 e. The van der Waals surface area contributed by atoms with Gasteiger partial charge in [0.1, 0.15) is 5.75 Å². The molecule has 0 N–H and O–H groups in total. The number of hydrogen-bond acceptors (Lipinski definition) is 2. The predicted molar refractivity (Wildman–Crippen MR) is 81.3 cm³/mol. The summed E-state index contributed by atoms with van der Waals surface area (Å²) in [5, 5.41) is 0. The van der Waals surface area contributed by atoms with Gasteiger partial charge in [-0.2, -0.15) is 0 Å². The lowest BCUT2D eigenvalue weighted by molar-refractivity contribution is 0.181. The van der Waals surface area contributed by atoms with Crippen LogP contribution in [0.15, 0.2) is 52.8 Å². The third kappa shape index (κ3) is 2.80. The molecule has 1 aromatic carbocycles. The lowest BCUT2D eigenvalue weighted by Gasteiger charge is -2.26. The van der Waals surface area contributed by atoms with E-state index in [1.54, 1.807) is 12.1 Å². The van der Waals surface area contributed by atoms with Crippen LogP contribution in [0.2, 0.25) is 0 Å². The van der Waals surface area contributed by atoms with E-state index in [0.29, 0.717) is 11.7 Å². The second-order valence-electron chi connectivity index (χ2n) is 5.29. The summed E-state index contributed by atoms with van der Waals surface area (Å²) in [5.74, 6) is 1.71. The molecule has 1 fully saturated rings. The monoisotopic (exact) mass is 333 g/mol. The highest BCUT2D eigenvalue weighted by Gasteiger charge is 2.36. The van der Waals surface area contributed by atoms with Crippen molar-refractivity contribution in [2.75, 3.05) is 0 Å². The average molecular weight is 334 g/mol. The molecule has 4 heteroatoms. The molecular formula is C16H16BrNO2. The predicted octanol–water partition coefficient (Wildman–Crippen LogP) is 4.67. The maximum absolute atomic E-state index is 12.1. The van der Waals surface area contributed by atoms with E-state index in [4.69, 9.17) is 4.74 Å². The maximum Gasteiger partial charge on any atom is 0.423 e. The van der Waals surface area contributed by atoms with Gasteiger partial charge in [-0.05, 0) is 43.4 Å². The molecule has 1 aliphatic heterocycles. The molecule has 3 nitrogen and oxygen atoms in total. The zero-order chi connectivity index (χ0) is 14.1. The molecule has 0 bridgehead atoms. The lowest BCUT2D eigenvalue weighted by atomic mass is 9.94. The van der Waals surface area contributed by atoms with Crippen LogP contribution in [-0.2, 0) is 0 Å². The Labute approximate surface area is 127 Å². The summed E-state index contributed by atoms with van der Waals surface area (Å²) >= 11 is 3.60. The summed E-state index contributed by atoms with van der Waals surface area (Å²) in [4.78, 5) is 13.6. The molecule has 0 aromatic heterocycles. The Bertz CT molecular complexity index is 555. The van der Waals surface area contributed by atoms with Gasteiger partial charge in [-0.1, -0.05) is 34.1 Å². The van der Waals surface area contributed by atoms with Crippen LogP contribution in [0.25, 0.3) is 0 Å². The zero-order valence-electron chi connectivity index (χ0n) is 11.3. The first kappa shape index (κ1) is 13.4. The summed E-state index contributed by atoms with van der Waals surface area (Å²) in [6, 6.07) is 9.11. The van der Waals surface area contributed by atoms with Crippen LogP contribution in [0.3, 0.4) is 0 Å². The van der Waals surface area contributed by atoms with Crippen molar-refractivity contribution in [2.45, 2.75) is 19.8 Å². The van der Waals surface area contributed by atoms with Gasteiger partial charge in [-0.15, -0.1) is 0 Å². The van der Waals surface area contributed by atoms with E-state index in [9.17, 15) is 4.79 Å². The molecule has 1 aliphatic carbocycles. The van der Waals surface area contributed by atoms with Gasteiger partial charge in [0.25, 0.3) is 0 Å². The molecule has 1 heterocycles. The highest BCUT2D eigenvalue weighted by Crippen LogP contribution is 2.47. The van der Waals surface area contributed by atoms with Gasteiger partial charge in [0, 0.05) is 22.8 Å². The molecule has 1 aromatic rings. The van der Waals surface area contributed by atoms with Gasteiger partial charge < -0.3 is 4.74 Å². The number of allylic oxidation sites excluding steroid dienone is 2. The van der Waals surface area contributed by atoms with E-state index in [1.807, 2.05) is 30.6 Å². The topological polar surface area (TPSA) is 29.5 Å². The number of halogens is 1. The van der Waals surface area contributed by atoms with Crippen LogP contribution in [0.4, 0.5) is 4.79 Å². The number of ether oxygens (including phenoxy) is 1. The molecule has 20 heavy (non-hydrogen) atoms. The number of hydrogen-bond donors (Lipinski definition) is 0. The van der Waals surface area contributed by atoms with Gasteiger partial charge in [0.05, 0.1) is 0 Å². The minimum absolute atomic E-state index is 0.387. The third-order valence-corrected chi connectivity index (χ3v) is 4.34. The summed E-state index contributed by atoms with van der Waals surface area (Å²) in [5.41, 5.74) is 1.20. The Balaban J connectivity index is 1.73. The molecule has 2 aliphatic rings. The number of para-hydroxylation sites is 1. The fraction of sp³-hybridized carbons (Fsp3) is 0.312. The van der Waals surface area contributed by atoms with Gasteiger partial charge in [-0.25, -0.2) is 4.79 Å². The fourth-order valence-electron chi connectivity index (χ4n) is 2.54. The molecule has 104 valence electrons. The third-order valence-electron chi connectivity index (χ3n) is 3.65. The van der Waals surface area contributed by atoms with Crippen LogP contribution in [0, 0.1) is 11.8 Å². The fourth-order valence-corrected chi connectivity index (χ4v) is 3.50. The standard InChI is InChI=1S/C16H16BrNO2/c1-11-9-18(10-14(17)15(11)12-7-8-12)16(19)20-13-5-3-2-4-6-13/h2-6,9-10,12,15H,7-8H2,1H3. The molecule has 0 spiro atoms. The number of nitrogens with zero attached hydrogens (tertiary/aromatic N) is 1. The van der Waals surface area contributed by atoms with Crippen LogP contribution < -0.4 is 4.74 Å². The van der Waals surface area contributed by atoms with Crippen molar-refractivity contribution in [1.82, 2.24) is 4.90 Å². The maximum atomic E-state index is 12.1. The normalized spacial score (nSPS) is 22.1. The van der Waals surface area contributed by atoms with Crippen LogP contribution in [0.1, 0.15) is 19.8 Å². The summed E-state index contributed by atoms with van der Waals surface area (Å²) in [6.07, 6.45) is 5.85. The number of rotatable bonds is 2. The average Bonchev–Trinajstić information content (AvgIpc) is 3.23. The van der Waals surface area contributed by atoms with E-state index in [2.05, 4.69) is 22.9 Å². The van der Waals surface area contributed by atoms with Gasteiger partial charge in [0.15, 0.2) is 0 Å². The lowest BCUT2D eigenvalue weighted by Crippen LogP contribution is -2.28. The van der Waals surface area contributed by atoms with Gasteiger partial charge >= 0.3 is 6.09 Å². The van der Waals surface area contributed by atoms with Crippen molar-refractivity contribution in [1.29, 1.82) is 0 Å². The van der Waals surface area contributed by atoms with Gasteiger partial charge in [0.2, 0.25) is 0 Å². The van der Waals surface area contributed by atoms with Crippen molar-refractivity contribution < 1.29 is 9.53 Å². The quantitative estimate of drug-likeness (QED) is 0.787. The zero-order valence-corrected chi connectivity index (χ0v) is 12.8. The smallest absolute Gasteiger partial charge is 0.410 e. The van der Waals surface area contributed by atoms with E-state index in [-0.39, 0.29) is 6.09 Å². The highest BCUT2D eigenvalue weighted by atomic mass is 79.9. The second kappa shape index (κ2) is 5.44. The van der Waals surface area contributed by atoms with Crippen LogP contribution in [0.5, 0.6) is 5.75 Å². The van der Waals surface area contributed by atoms with Crippen molar-refractivity contribution in [2.24, 2.45) is 11.8 Å². The first-order chi connectivity index (χ1) is 9.65. The Morgan fingerprint density at radius 2 is 1.95 bits per heavy atom. The molecule has 1 atom stereocenters. The van der Waals surface area contributed by atoms with Crippen LogP contribution >= 0.6 is 15.9 Å². The summed E-state index contributed by atoms with van der Waals surface area (Å²) in [7, 11) is 0. The van der Waals surface area contributed by atoms with Crippen molar-refractivity contribution >= 4 is 22.0 Å². The first-order valence-electron chi connectivity index (χ1n) is 6.76. The Morgan fingerprint density at radius 3 is 2.55 bits per heavy atom. The van der Waals surface area contributed by atoms with E-state index >= 15 is 0 Å². The minimum atomic E-state index is -0.387. The van der Waals surface area contributed by atoms with Crippen molar-refractivity contribution in [3.8, 4) is 5.75 Å². The van der Waals surface area contributed by atoms with Crippen molar-refractivity contribution in [3.63, 3.8) is 0 Å². The highest BCUT2D eigenvalue weighted by molar-refractivity contribution is 9.11. The van der Waals surface area contributed by atoms with Gasteiger partial charge in [-0.3, -0.25) is 4.90 Å². The molecule has 3 rings (SSSR count). The minimum Gasteiger partial charge on any atom is -0.410 e. The Kier molecular flexibility index (Phi) is 3.66. The molecule has 0 radical (unpaired) electrons. The number of carbonyl (C=O) groups is 1. The Hall–Kier alpha value is -1.55. The number of amides is 1. The Morgan fingerprint density at radius 1 is 1.25 bits per heavy atom. The first-order valence-corrected chi connectivity index (χ1v) is 7.55.